The van der Waals surface area contributed by atoms with E-state index < -0.39 is 0 Å². The van der Waals surface area contributed by atoms with Crippen molar-refractivity contribution in [2.24, 2.45) is 11.1 Å². The van der Waals surface area contributed by atoms with E-state index in [0.29, 0.717) is 23.4 Å². The fourth-order valence-corrected chi connectivity index (χ4v) is 4.05. The van der Waals surface area contributed by atoms with E-state index >= 15 is 0 Å². The molecule has 34 heavy (non-hydrogen) atoms. The quantitative estimate of drug-likeness (QED) is 0.298. The zero-order chi connectivity index (χ0) is 24.3. The number of halogens is 2. The third-order valence-corrected chi connectivity index (χ3v) is 6.41. The Morgan fingerprint density at radius 1 is 1.09 bits per heavy atom. The molecule has 5 nitrogen and oxygen atoms in total. The molecule has 0 aliphatic heterocycles. The normalized spacial score (nSPS) is 17.4. The molecule has 0 amide bonds. The van der Waals surface area contributed by atoms with Crippen molar-refractivity contribution in [1.82, 2.24) is 9.97 Å². The number of pyridine rings is 2. The summed E-state index contributed by atoms with van der Waals surface area (Å²) in [5.41, 5.74) is 2.47. The number of nitrogens with one attached hydrogen (secondary N) is 2. The van der Waals surface area contributed by atoms with E-state index in [1.807, 2.05) is 37.3 Å². The Kier molecular flexibility index (Phi) is 10.4. The summed E-state index contributed by atoms with van der Waals surface area (Å²) in [6, 6.07) is 14.7. The van der Waals surface area contributed by atoms with Gasteiger partial charge in [-0.15, -0.1) is 0 Å². The molecule has 0 unspecified atom stereocenters. The molecule has 4 N–H and O–H groups in total. The molecular formula is C26H33ClFN5S. The fraction of sp³-hybridized carbons (Fsp3) is 0.385. The minimum Gasteiger partial charge on any atom is -0.367 e. The number of aromatic nitrogens is 2. The fourth-order valence-electron chi connectivity index (χ4n) is 3.85. The van der Waals surface area contributed by atoms with Crippen LogP contribution in [0.25, 0.3) is 11.3 Å². The van der Waals surface area contributed by atoms with E-state index in [0.717, 1.165) is 34.3 Å². The summed E-state index contributed by atoms with van der Waals surface area (Å²) in [4.78, 5) is 9.16. The molecule has 1 saturated carbocycles. The van der Waals surface area contributed by atoms with E-state index in [1.54, 1.807) is 12.3 Å². The molecule has 0 radical (unpaired) electrons. The van der Waals surface area contributed by atoms with Crippen LogP contribution in [0.5, 0.6) is 0 Å². The monoisotopic (exact) mass is 501 g/mol. The zero-order valence-electron chi connectivity index (χ0n) is 19.7. The highest BCUT2D eigenvalue weighted by Gasteiger charge is 2.19. The Morgan fingerprint density at radius 3 is 2.53 bits per heavy atom. The molecule has 3 aromatic rings. The van der Waals surface area contributed by atoms with Crippen LogP contribution in [-0.2, 0) is 6.54 Å². The average Bonchev–Trinajstić information content (AvgIpc) is 2.86. The van der Waals surface area contributed by atoms with Crippen LogP contribution >= 0.6 is 23.5 Å². The molecule has 0 spiro atoms. The van der Waals surface area contributed by atoms with Crippen LogP contribution in [0.3, 0.4) is 0 Å². The van der Waals surface area contributed by atoms with Gasteiger partial charge < -0.3 is 10.6 Å². The summed E-state index contributed by atoms with van der Waals surface area (Å²) in [5.74, 6) is 3.12. The average molecular weight is 502 g/mol. The van der Waals surface area contributed by atoms with E-state index in [9.17, 15) is 4.39 Å². The third kappa shape index (κ3) is 8.15. The largest absolute Gasteiger partial charge is 0.367 e. The van der Waals surface area contributed by atoms with Crippen LogP contribution in [-0.4, -0.2) is 21.8 Å². The summed E-state index contributed by atoms with van der Waals surface area (Å²) in [6.07, 6.45) is 6.51. The van der Waals surface area contributed by atoms with Gasteiger partial charge in [0.1, 0.15) is 17.5 Å². The van der Waals surface area contributed by atoms with Gasteiger partial charge in [0.25, 0.3) is 0 Å². The molecule has 2 heterocycles. The Morgan fingerprint density at radius 2 is 1.82 bits per heavy atom. The van der Waals surface area contributed by atoms with Gasteiger partial charge in [0, 0.05) is 30.1 Å². The minimum absolute atomic E-state index is 0.243. The maximum atomic E-state index is 13.4. The standard InChI is InChI=1S/C24H26ClFN4.C2H7NS/c1-16-8-10-19(11-9-16)29-24-13-20(21(25)15-28-24)22-6-3-7-23(30-22)27-14-17-4-2-5-18(26)12-17;1-2-4-3/h2-7,12-13,15-16,19H,8-11,14H2,1H3,(H,27,30)(H,28,29);2-3H2,1H3. The predicted molar refractivity (Wildman–Crippen MR) is 144 cm³/mol. The summed E-state index contributed by atoms with van der Waals surface area (Å²) in [7, 11) is 0. The smallest absolute Gasteiger partial charge is 0.126 e. The van der Waals surface area contributed by atoms with Gasteiger partial charge in [-0.2, -0.15) is 0 Å². The lowest BCUT2D eigenvalue weighted by Crippen LogP contribution is -2.25. The summed E-state index contributed by atoms with van der Waals surface area (Å²) >= 11 is 7.80. The molecule has 1 aliphatic rings. The van der Waals surface area contributed by atoms with Gasteiger partial charge >= 0.3 is 0 Å². The number of hydrogen-bond donors (Lipinski definition) is 3. The van der Waals surface area contributed by atoms with E-state index in [2.05, 4.69) is 22.5 Å². The Bertz CT molecular complexity index is 1040. The van der Waals surface area contributed by atoms with Crippen molar-refractivity contribution in [3.63, 3.8) is 0 Å². The van der Waals surface area contributed by atoms with Gasteiger partial charge in [-0.25, -0.2) is 14.4 Å². The van der Waals surface area contributed by atoms with Crippen molar-refractivity contribution in [3.05, 3.63) is 71.1 Å². The van der Waals surface area contributed by atoms with Crippen molar-refractivity contribution < 1.29 is 4.39 Å². The molecule has 4 rings (SSSR count). The number of rotatable bonds is 7. The molecule has 2 aromatic heterocycles. The highest BCUT2D eigenvalue weighted by atomic mass is 35.5. The maximum absolute atomic E-state index is 13.4. The van der Waals surface area contributed by atoms with E-state index in [-0.39, 0.29) is 5.82 Å². The Labute approximate surface area is 211 Å². The minimum atomic E-state index is -0.243. The van der Waals surface area contributed by atoms with Crippen LogP contribution in [0.1, 0.15) is 45.1 Å². The lowest BCUT2D eigenvalue weighted by molar-refractivity contribution is 0.361. The molecule has 0 saturated heterocycles. The van der Waals surface area contributed by atoms with Crippen LogP contribution < -0.4 is 15.8 Å². The Hall–Kier alpha value is -2.35. The van der Waals surface area contributed by atoms with Crippen molar-refractivity contribution in [3.8, 4) is 11.3 Å². The summed E-state index contributed by atoms with van der Waals surface area (Å²) in [5, 5.41) is 12.3. The van der Waals surface area contributed by atoms with E-state index in [1.165, 1.54) is 49.8 Å². The number of hydrogen-bond acceptors (Lipinski definition) is 6. The van der Waals surface area contributed by atoms with Gasteiger partial charge in [0.2, 0.25) is 0 Å². The molecular weight excluding hydrogens is 469 g/mol. The van der Waals surface area contributed by atoms with Crippen LogP contribution in [0.4, 0.5) is 16.0 Å². The van der Waals surface area contributed by atoms with Gasteiger partial charge in [-0.05, 0) is 67.5 Å². The van der Waals surface area contributed by atoms with Crippen LogP contribution in [0.2, 0.25) is 5.02 Å². The second kappa shape index (κ2) is 13.5. The van der Waals surface area contributed by atoms with E-state index in [4.69, 9.17) is 21.7 Å². The highest BCUT2D eigenvalue weighted by molar-refractivity contribution is 7.97. The number of benzene rings is 1. The second-order valence-electron chi connectivity index (χ2n) is 8.50. The zero-order valence-corrected chi connectivity index (χ0v) is 21.3. The Balaban J connectivity index is 0.000000751. The van der Waals surface area contributed by atoms with Crippen LogP contribution in [0, 0.1) is 11.7 Å². The third-order valence-electron chi connectivity index (χ3n) is 5.78. The van der Waals surface area contributed by atoms with Gasteiger partial charge in [-0.3, -0.25) is 5.14 Å². The first-order valence-corrected chi connectivity index (χ1v) is 13.1. The summed E-state index contributed by atoms with van der Waals surface area (Å²) < 4.78 is 13.4. The lowest BCUT2D eigenvalue weighted by atomic mass is 9.87. The van der Waals surface area contributed by atoms with Crippen molar-refractivity contribution >= 4 is 35.2 Å². The second-order valence-corrected chi connectivity index (χ2v) is 9.82. The maximum Gasteiger partial charge on any atom is 0.126 e. The van der Waals surface area contributed by atoms with Crippen LogP contribution in [0.15, 0.2) is 54.7 Å². The topological polar surface area (TPSA) is 75.9 Å². The molecule has 182 valence electrons. The first kappa shape index (κ1) is 26.3. The lowest BCUT2D eigenvalue weighted by Gasteiger charge is -2.27. The van der Waals surface area contributed by atoms with Crippen molar-refractivity contribution in [2.75, 3.05) is 16.4 Å². The van der Waals surface area contributed by atoms with Gasteiger partial charge in [0.15, 0.2) is 0 Å². The first-order valence-electron chi connectivity index (χ1n) is 11.7. The molecule has 8 heteroatoms. The molecule has 1 aromatic carbocycles. The SMILES string of the molecule is CC1CCC(Nc2cc(-c3cccc(NCc4cccc(F)c4)n3)c(Cl)cn2)CC1.CCSN. The van der Waals surface area contributed by atoms with Crippen molar-refractivity contribution in [1.29, 1.82) is 0 Å². The summed E-state index contributed by atoms with van der Waals surface area (Å²) in [6.45, 7) is 4.83. The molecule has 0 atom stereocenters. The van der Waals surface area contributed by atoms with Crippen molar-refractivity contribution in [2.45, 2.75) is 52.1 Å². The molecule has 1 aliphatic carbocycles. The van der Waals surface area contributed by atoms with Gasteiger partial charge in [-0.1, -0.05) is 55.6 Å². The van der Waals surface area contributed by atoms with Gasteiger partial charge in [0.05, 0.1) is 10.7 Å². The number of nitrogens with zero attached hydrogens (tertiary/aromatic N) is 2. The first-order chi connectivity index (χ1) is 16.5. The molecule has 0 bridgehead atoms. The highest BCUT2D eigenvalue weighted by Crippen LogP contribution is 2.31. The number of nitrogens with two attached hydrogens (primary N) is 1. The number of anilines is 2. The predicted octanol–water partition coefficient (Wildman–Crippen LogP) is 7.15. The molecule has 1 fully saturated rings.